The SMILES string of the molecule is COc1ccc2cc1OCC(=O)N[C@@H]1CN(C(=O)c3c(-c4ccccc4)noc3C)CC[C@H]1Oc1cc(F)cc(c1)CNC(=O)CC2. The van der Waals surface area contributed by atoms with Gasteiger partial charge in [0.25, 0.3) is 11.8 Å². The van der Waals surface area contributed by atoms with Crippen molar-refractivity contribution in [2.24, 2.45) is 0 Å². The number of ether oxygens (including phenoxy) is 3. The van der Waals surface area contributed by atoms with Crippen molar-refractivity contribution in [3.05, 3.63) is 95.0 Å². The minimum atomic E-state index is -0.678. The number of methoxy groups -OCH3 is 1. The molecule has 12 heteroatoms. The lowest BCUT2D eigenvalue weighted by Gasteiger charge is -2.39. The fourth-order valence-corrected chi connectivity index (χ4v) is 5.86. The molecule has 2 aliphatic rings. The molecule has 3 aromatic carbocycles. The van der Waals surface area contributed by atoms with Gasteiger partial charge >= 0.3 is 0 Å². The van der Waals surface area contributed by atoms with Crippen LogP contribution in [0.15, 0.2) is 71.3 Å². The number of piperidine rings is 1. The van der Waals surface area contributed by atoms with Gasteiger partial charge in [-0.15, -0.1) is 0 Å². The Hall–Kier alpha value is -5.39. The molecule has 3 heterocycles. The predicted molar refractivity (Wildman–Crippen MR) is 169 cm³/mol. The van der Waals surface area contributed by atoms with Crippen LogP contribution in [0, 0.1) is 12.7 Å². The Balaban J connectivity index is 1.28. The van der Waals surface area contributed by atoms with Crippen molar-refractivity contribution in [3.8, 4) is 28.5 Å². The van der Waals surface area contributed by atoms with Crippen molar-refractivity contribution in [3.63, 3.8) is 0 Å². The normalized spacial score (nSPS) is 18.7. The molecule has 0 aliphatic carbocycles. The van der Waals surface area contributed by atoms with Crippen LogP contribution in [0.5, 0.6) is 17.2 Å². The number of aromatic nitrogens is 1. The smallest absolute Gasteiger partial charge is 0.259 e. The summed E-state index contributed by atoms with van der Waals surface area (Å²) in [5.41, 5.74) is 2.86. The number of fused-ring (bicyclic) bond motifs is 5. The number of nitrogens with zero attached hydrogens (tertiary/aromatic N) is 2. The van der Waals surface area contributed by atoms with E-state index >= 15 is 0 Å². The summed E-state index contributed by atoms with van der Waals surface area (Å²) in [6, 6.07) is 18.1. The Morgan fingerprint density at radius 2 is 1.85 bits per heavy atom. The second-order valence-electron chi connectivity index (χ2n) is 11.5. The second-order valence-corrected chi connectivity index (χ2v) is 11.5. The number of nitrogens with one attached hydrogen (secondary N) is 2. The maximum absolute atomic E-state index is 14.7. The van der Waals surface area contributed by atoms with Crippen LogP contribution in [0.3, 0.4) is 0 Å². The Bertz CT molecular complexity index is 1780. The molecule has 2 atom stereocenters. The van der Waals surface area contributed by atoms with Gasteiger partial charge in [-0.25, -0.2) is 4.39 Å². The average molecular weight is 643 g/mol. The number of hydrogen-bond donors (Lipinski definition) is 2. The molecule has 1 aromatic heterocycles. The van der Waals surface area contributed by atoms with E-state index in [4.69, 9.17) is 18.7 Å². The van der Waals surface area contributed by atoms with Gasteiger partial charge in [0.15, 0.2) is 18.1 Å². The summed E-state index contributed by atoms with van der Waals surface area (Å²) in [6.45, 7) is 1.85. The molecule has 4 aromatic rings. The highest BCUT2D eigenvalue weighted by Crippen LogP contribution is 2.30. The maximum atomic E-state index is 14.7. The predicted octanol–water partition coefficient (Wildman–Crippen LogP) is 4.22. The zero-order valence-electron chi connectivity index (χ0n) is 26.1. The van der Waals surface area contributed by atoms with Crippen LogP contribution < -0.4 is 24.8 Å². The van der Waals surface area contributed by atoms with Gasteiger partial charge in [0.05, 0.1) is 13.2 Å². The van der Waals surface area contributed by atoms with Gasteiger partial charge in [-0.05, 0) is 48.7 Å². The molecule has 1 fully saturated rings. The Kier molecular flexibility index (Phi) is 9.37. The number of benzene rings is 3. The molecule has 3 amide bonds. The second kappa shape index (κ2) is 13.9. The third kappa shape index (κ3) is 7.37. The zero-order valence-corrected chi connectivity index (χ0v) is 26.1. The standard InChI is InChI=1S/C35H35FN4O7/c1-21-33(34(39-47-21)24-6-4-3-5-7-24)35(43)40-13-12-28-27(19-40)38-32(42)20-45-30-16-22(8-10-29(30)44-2)9-11-31(41)37-18-23-14-25(36)17-26(15-23)46-28/h3-8,10,14-17,27-28H,9,11-13,18-20H2,1-2H3,(H,37,41)(H,38,42)/t27-,28-/m1/s1. The van der Waals surface area contributed by atoms with E-state index in [1.165, 1.54) is 19.2 Å². The van der Waals surface area contributed by atoms with Gasteiger partial charge < -0.3 is 34.3 Å². The first-order valence-corrected chi connectivity index (χ1v) is 15.4. The highest BCUT2D eigenvalue weighted by atomic mass is 19.1. The summed E-state index contributed by atoms with van der Waals surface area (Å²) >= 11 is 0. The maximum Gasteiger partial charge on any atom is 0.259 e. The fourth-order valence-electron chi connectivity index (χ4n) is 5.86. The zero-order chi connectivity index (χ0) is 32.9. The molecule has 244 valence electrons. The Morgan fingerprint density at radius 3 is 2.66 bits per heavy atom. The lowest BCUT2D eigenvalue weighted by Crippen LogP contribution is -2.58. The van der Waals surface area contributed by atoms with Crippen molar-refractivity contribution in [1.29, 1.82) is 0 Å². The van der Waals surface area contributed by atoms with Crippen molar-refractivity contribution >= 4 is 17.7 Å². The van der Waals surface area contributed by atoms with Crippen LogP contribution >= 0.6 is 0 Å². The van der Waals surface area contributed by atoms with E-state index in [-0.39, 0.29) is 43.7 Å². The Labute approximate surface area is 271 Å². The number of carbonyl (C=O) groups is 3. The number of hydrogen-bond acceptors (Lipinski definition) is 8. The minimum Gasteiger partial charge on any atom is -0.493 e. The number of amides is 3. The highest BCUT2D eigenvalue weighted by molar-refractivity contribution is 6.01. The quantitative estimate of drug-likeness (QED) is 0.340. The largest absolute Gasteiger partial charge is 0.493 e. The van der Waals surface area contributed by atoms with E-state index in [1.54, 1.807) is 30.0 Å². The third-order valence-electron chi connectivity index (χ3n) is 8.24. The van der Waals surface area contributed by atoms with Gasteiger partial charge in [-0.2, -0.15) is 0 Å². The van der Waals surface area contributed by atoms with E-state index < -0.39 is 23.9 Å². The van der Waals surface area contributed by atoms with Crippen LogP contribution in [0.25, 0.3) is 11.3 Å². The topological polar surface area (TPSA) is 132 Å². The minimum absolute atomic E-state index is 0.102. The molecule has 47 heavy (non-hydrogen) atoms. The van der Waals surface area contributed by atoms with Gasteiger partial charge in [-0.3, -0.25) is 14.4 Å². The molecular weight excluding hydrogens is 607 g/mol. The average Bonchev–Trinajstić information content (AvgIpc) is 3.46. The van der Waals surface area contributed by atoms with Crippen molar-refractivity contribution in [1.82, 2.24) is 20.7 Å². The summed E-state index contributed by atoms with van der Waals surface area (Å²) < 4.78 is 37.7. The van der Waals surface area contributed by atoms with Crippen molar-refractivity contribution in [2.75, 3.05) is 26.8 Å². The van der Waals surface area contributed by atoms with Gasteiger partial charge in [0.2, 0.25) is 5.91 Å². The van der Waals surface area contributed by atoms with E-state index in [1.807, 2.05) is 36.4 Å². The van der Waals surface area contributed by atoms with E-state index in [9.17, 15) is 18.8 Å². The van der Waals surface area contributed by atoms with Crippen molar-refractivity contribution < 1.29 is 37.5 Å². The number of likely N-dealkylation sites (tertiary alicyclic amines) is 1. The first-order chi connectivity index (χ1) is 22.8. The summed E-state index contributed by atoms with van der Waals surface area (Å²) in [5.74, 6) is -0.0441. The molecule has 11 nitrogen and oxygen atoms in total. The van der Waals surface area contributed by atoms with Crippen LogP contribution in [-0.2, 0) is 22.6 Å². The van der Waals surface area contributed by atoms with E-state index in [0.717, 1.165) is 11.1 Å². The summed E-state index contributed by atoms with van der Waals surface area (Å²) in [5, 5.41) is 9.97. The molecule has 6 rings (SSSR count). The van der Waals surface area contributed by atoms with Gasteiger partial charge in [-0.1, -0.05) is 41.6 Å². The van der Waals surface area contributed by atoms with Gasteiger partial charge in [0.1, 0.15) is 34.7 Å². The fraction of sp³-hybridized carbons (Fsp3) is 0.314. The first kappa shape index (κ1) is 31.6. The number of halogens is 1. The van der Waals surface area contributed by atoms with Crippen LogP contribution in [0.4, 0.5) is 4.39 Å². The lowest BCUT2D eigenvalue weighted by molar-refractivity contribution is -0.125. The lowest BCUT2D eigenvalue weighted by atomic mass is 9.99. The summed E-state index contributed by atoms with van der Waals surface area (Å²) in [4.78, 5) is 41.5. The molecule has 0 radical (unpaired) electrons. The van der Waals surface area contributed by atoms with Crippen LogP contribution in [0.2, 0.25) is 0 Å². The van der Waals surface area contributed by atoms with Gasteiger partial charge in [0, 0.05) is 44.1 Å². The monoisotopic (exact) mass is 642 g/mol. The highest BCUT2D eigenvalue weighted by Gasteiger charge is 2.37. The molecule has 4 bridgehead atoms. The molecule has 2 N–H and O–H groups in total. The van der Waals surface area contributed by atoms with E-state index in [2.05, 4.69) is 15.8 Å². The molecule has 2 aliphatic heterocycles. The molecular formula is C35H35FN4O7. The number of carbonyl (C=O) groups excluding carboxylic acids is 3. The molecule has 0 spiro atoms. The molecule has 0 saturated carbocycles. The first-order valence-electron chi connectivity index (χ1n) is 15.4. The third-order valence-corrected chi connectivity index (χ3v) is 8.24. The van der Waals surface area contributed by atoms with Crippen molar-refractivity contribution in [2.45, 2.75) is 44.9 Å². The number of aryl methyl sites for hydroxylation is 2. The van der Waals surface area contributed by atoms with Crippen LogP contribution in [0.1, 0.15) is 40.1 Å². The summed E-state index contributed by atoms with van der Waals surface area (Å²) in [7, 11) is 1.50. The van der Waals surface area contributed by atoms with E-state index in [0.29, 0.717) is 53.5 Å². The molecule has 1 saturated heterocycles. The molecule has 0 unspecified atom stereocenters. The number of rotatable bonds is 3. The summed E-state index contributed by atoms with van der Waals surface area (Å²) in [6.07, 6.45) is 0.342. The van der Waals surface area contributed by atoms with Crippen LogP contribution in [-0.4, -0.2) is 66.7 Å². The Morgan fingerprint density at radius 1 is 1.02 bits per heavy atom.